The molecule has 11 heavy (non-hydrogen) atoms. The summed E-state index contributed by atoms with van der Waals surface area (Å²) in [5, 5.41) is 3.72. The highest BCUT2D eigenvalue weighted by Gasteiger charge is 2.13. The lowest BCUT2D eigenvalue weighted by Crippen LogP contribution is -2.41. The fraction of sp³-hybridized carbons (Fsp3) is 0.375. The van der Waals surface area contributed by atoms with Crippen LogP contribution < -0.4 is 5.32 Å². The van der Waals surface area contributed by atoms with Gasteiger partial charge in [-0.05, 0) is 32.1 Å². The molecule has 0 atom stereocenters. The van der Waals surface area contributed by atoms with Crippen LogP contribution in [0.15, 0.2) is 24.6 Å². The minimum absolute atomic E-state index is 0.402. The van der Waals surface area contributed by atoms with Crippen LogP contribution in [0.2, 0.25) is 0 Å². The molecule has 0 saturated carbocycles. The van der Waals surface area contributed by atoms with Crippen LogP contribution in [0.4, 0.5) is 0 Å². The lowest BCUT2D eigenvalue weighted by atomic mass is 10.3. The summed E-state index contributed by atoms with van der Waals surface area (Å²) < 4.78 is 0. The first-order chi connectivity index (χ1) is 5.11. The van der Waals surface area contributed by atoms with Crippen LogP contribution in [0.25, 0.3) is 0 Å². The summed E-state index contributed by atoms with van der Waals surface area (Å²) in [6, 6.07) is 0.402. The number of thiocarbonyl (C=S) groups is 1. The van der Waals surface area contributed by atoms with E-state index < -0.39 is 0 Å². The van der Waals surface area contributed by atoms with Crippen molar-refractivity contribution in [3.8, 4) is 0 Å². The fourth-order valence-electron chi connectivity index (χ4n) is 0.888. The van der Waals surface area contributed by atoms with Gasteiger partial charge in [-0.15, -0.1) is 0 Å². The van der Waals surface area contributed by atoms with Crippen molar-refractivity contribution >= 4 is 17.3 Å². The molecule has 0 amide bonds. The maximum Gasteiger partial charge on any atom is 0.177 e. The molecule has 1 N–H and O–H groups in total. The zero-order valence-corrected chi connectivity index (χ0v) is 7.61. The maximum atomic E-state index is 5.08. The van der Waals surface area contributed by atoms with Gasteiger partial charge in [0.05, 0.1) is 0 Å². The van der Waals surface area contributed by atoms with Crippen LogP contribution in [-0.4, -0.2) is 16.1 Å². The topological polar surface area (TPSA) is 15.3 Å². The van der Waals surface area contributed by atoms with Crippen molar-refractivity contribution in [3.63, 3.8) is 0 Å². The molecule has 1 aliphatic heterocycles. The third-order valence-electron chi connectivity index (χ3n) is 1.49. The molecule has 0 unspecified atom stereocenters. The molecule has 1 aliphatic rings. The van der Waals surface area contributed by atoms with E-state index in [0.29, 0.717) is 6.04 Å². The zero-order chi connectivity index (χ0) is 8.43. The minimum atomic E-state index is 0.402. The second-order valence-corrected chi connectivity index (χ2v) is 3.16. The molecule has 1 rings (SSSR count). The van der Waals surface area contributed by atoms with Gasteiger partial charge < -0.3 is 10.2 Å². The fourth-order valence-corrected chi connectivity index (χ4v) is 1.29. The van der Waals surface area contributed by atoms with Gasteiger partial charge in [0.25, 0.3) is 0 Å². The lowest BCUT2D eigenvalue weighted by Gasteiger charge is -2.29. The van der Waals surface area contributed by atoms with Gasteiger partial charge in [-0.1, -0.05) is 6.58 Å². The minimum Gasteiger partial charge on any atom is -0.333 e. The van der Waals surface area contributed by atoms with Gasteiger partial charge in [-0.3, -0.25) is 0 Å². The van der Waals surface area contributed by atoms with E-state index in [2.05, 4.69) is 25.7 Å². The first kappa shape index (κ1) is 8.27. The zero-order valence-electron chi connectivity index (χ0n) is 6.79. The van der Waals surface area contributed by atoms with Crippen LogP contribution in [0.3, 0.4) is 0 Å². The highest BCUT2D eigenvalue weighted by molar-refractivity contribution is 7.80. The number of hydrogen-bond donors (Lipinski definition) is 1. The van der Waals surface area contributed by atoms with Crippen LogP contribution >= 0.6 is 12.2 Å². The Kier molecular flexibility index (Phi) is 2.29. The van der Waals surface area contributed by atoms with Crippen LogP contribution in [0, 0.1) is 0 Å². The molecule has 1 heterocycles. The molecule has 0 aromatic rings. The Morgan fingerprint density at radius 1 is 1.64 bits per heavy atom. The van der Waals surface area contributed by atoms with Gasteiger partial charge in [0.15, 0.2) is 5.11 Å². The molecule has 0 aromatic heterocycles. The average Bonchev–Trinajstić information content (AvgIpc) is 1.85. The molecule has 0 aromatic carbocycles. The van der Waals surface area contributed by atoms with Gasteiger partial charge in [0.1, 0.15) is 0 Å². The lowest BCUT2D eigenvalue weighted by molar-refractivity contribution is 0.449. The van der Waals surface area contributed by atoms with E-state index in [1.54, 1.807) is 0 Å². The molecule has 0 saturated heterocycles. The third kappa shape index (κ3) is 1.80. The van der Waals surface area contributed by atoms with Gasteiger partial charge >= 0.3 is 0 Å². The van der Waals surface area contributed by atoms with E-state index in [0.717, 1.165) is 10.8 Å². The van der Waals surface area contributed by atoms with Gasteiger partial charge in [-0.2, -0.15) is 0 Å². The van der Waals surface area contributed by atoms with E-state index >= 15 is 0 Å². The Labute approximate surface area is 72.6 Å². The van der Waals surface area contributed by atoms with Gasteiger partial charge in [0.2, 0.25) is 0 Å². The molecular formula is C8H12N2S. The molecule has 0 bridgehead atoms. The molecule has 3 heteroatoms. The highest BCUT2D eigenvalue weighted by Crippen LogP contribution is 2.07. The molecule has 2 nitrogen and oxygen atoms in total. The van der Waals surface area contributed by atoms with Crippen LogP contribution in [0.1, 0.15) is 13.8 Å². The van der Waals surface area contributed by atoms with E-state index in [9.17, 15) is 0 Å². The molecule has 0 spiro atoms. The summed E-state index contributed by atoms with van der Waals surface area (Å²) in [5.41, 5.74) is 0.854. The van der Waals surface area contributed by atoms with Crippen molar-refractivity contribution in [3.05, 3.63) is 24.6 Å². The van der Waals surface area contributed by atoms with Crippen molar-refractivity contribution in [2.45, 2.75) is 19.9 Å². The summed E-state index contributed by atoms with van der Waals surface area (Å²) in [6.45, 7) is 7.93. The third-order valence-corrected chi connectivity index (χ3v) is 1.81. The van der Waals surface area contributed by atoms with Crippen molar-refractivity contribution in [1.82, 2.24) is 10.2 Å². The van der Waals surface area contributed by atoms with Crippen molar-refractivity contribution in [2.75, 3.05) is 0 Å². The standard InChI is InChI=1S/C8H12N2S/c1-6(2)10-5-4-7(3)9-8(10)11/h4-6H,3H2,1-2H3,(H,9,11). The first-order valence-corrected chi connectivity index (χ1v) is 3.98. The van der Waals surface area contributed by atoms with Crippen molar-refractivity contribution in [2.24, 2.45) is 0 Å². The van der Waals surface area contributed by atoms with E-state index in [4.69, 9.17) is 12.2 Å². The molecular weight excluding hydrogens is 156 g/mol. The summed E-state index contributed by atoms with van der Waals surface area (Å²) in [7, 11) is 0. The van der Waals surface area contributed by atoms with Crippen molar-refractivity contribution in [1.29, 1.82) is 0 Å². The molecule has 0 aliphatic carbocycles. The second kappa shape index (κ2) is 3.05. The van der Waals surface area contributed by atoms with Gasteiger partial charge in [0, 0.05) is 17.9 Å². The summed E-state index contributed by atoms with van der Waals surface area (Å²) in [5.74, 6) is 0. The number of allylic oxidation sites excluding steroid dienone is 1. The molecule has 60 valence electrons. The predicted molar refractivity (Wildman–Crippen MR) is 51.0 cm³/mol. The van der Waals surface area contributed by atoms with Crippen LogP contribution in [0.5, 0.6) is 0 Å². The Morgan fingerprint density at radius 3 is 2.73 bits per heavy atom. The largest absolute Gasteiger partial charge is 0.333 e. The Balaban J connectivity index is 2.76. The SMILES string of the molecule is C=C1C=CN(C(C)C)C(=S)N1. The average molecular weight is 168 g/mol. The predicted octanol–water partition coefficient (Wildman–Crippen LogP) is 1.61. The molecule has 0 fully saturated rings. The normalized spacial score (nSPS) is 17.5. The van der Waals surface area contributed by atoms with Gasteiger partial charge in [-0.25, -0.2) is 0 Å². The summed E-state index contributed by atoms with van der Waals surface area (Å²) >= 11 is 5.08. The first-order valence-electron chi connectivity index (χ1n) is 3.57. The number of hydrogen-bond acceptors (Lipinski definition) is 1. The van der Waals surface area contributed by atoms with E-state index in [1.165, 1.54) is 0 Å². The highest BCUT2D eigenvalue weighted by atomic mass is 32.1. The maximum absolute atomic E-state index is 5.08. The quantitative estimate of drug-likeness (QED) is 0.599. The Hall–Kier alpha value is -0.830. The summed E-state index contributed by atoms with van der Waals surface area (Å²) in [4.78, 5) is 1.99. The number of rotatable bonds is 1. The van der Waals surface area contributed by atoms with E-state index in [1.807, 2.05) is 17.2 Å². The Morgan fingerprint density at radius 2 is 2.27 bits per heavy atom. The summed E-state index contributed by atoms with van der Waals surface area (Å²) in [6.07, 6.45) is 3.86. The van der Waals surface area contributed by atoms with E-state index in [-0.39, 0.29) is 0 Å². The van der Waals surface area contributed by atoms with Crippen molar-refractivity contribution < 1.29 is 0 Å². The Bertz CT molecular complexity index is 218. The second-order valence-electron chi connectivity index (χ2n) is 2.77. The number of nitrogens with one attached hydrogen (secondary N) is 1. The smallest absolute Gasteiger partial charge is 0.177 e. The monoisotopic (exact) mass is 168 g/mol. The molecule has 0 radical (unpaired) electrons. The number of nitrogens with zero attached hydrogens (tertiary/aromatic N) is 1. The van der Waals surface area contributed by atoms with Crippen LogP contribution in [-0.2, 0) is 0 Å².